The standard InChI is InChI=1S/C19H19F2NO4/c1-25-12-5-6-17(26-2)13(10-12)15-4-3-7-22(15)19(24)18-14(21)8-11(20)9-16(18)23/h5-6,8-10,15,23H,3-4,7H2,1-2H3/t15-/m1/s1. The summed E-state index contributed by atoms with van der Waals surface area (Å²) in [5, 5.41) is 9.87. The van der Waals surface area contributed by atoms with E-state index in [-0.39, 0.29) is 6.04 Å². The molecular formula is C19H19F2NO4. The number of carbonyl (C=O) groups excluding carboxylic acids is 1. The molecular weight excluding hydrogens is 344 g/mol. The van der Waals surface area contributed by atoms with Gasteiger partial charge >= 0.3 is 0 Å². The molecule has 26 heavy (non-hydrogen) atoms. The topological polar surface area (TPSA) is 59.0 Å². The molecule has 0 aromatic heterocycles. The average Bonchev–Trinajstić information content (AvgIpc) is 3.09. The molecule has 0 aliphatic carbocycles. The van der Waals surface area contributed by atoms with E-state index in [1.165, 1.54) is 19.1 Å². The number of ether oxygens (including phenoxy) is 2. The first-order chi connectivity index (χ1) is 12.5. The van der Waals surface area contributed by atoms with Crippen LogP contribution in [0.15, 0.2) is 30.3 Å². The molecule has 1 atom stereocenters. The third-order valence-electron chi connectivity index (χ3n) is 4.56. The monoisotopic (exact) mass is 363 g/mol. The minimum absolute atomic E-state index is 0.364. The number of phenols is 1. The molecule has 138 valence electrons. The van der Waals surface area contributed by atoms with Crippen LogP contribution in [0, 0.1) is 11.6 Å². The molecule has 2 aromatic carbocycles. The fourth-order valence-electron chi connectivity index (χ4n) is 3.35. The van der Waals surface area contributed by atoms with Crippen molar-refractivity contribution in [2.75, 3.05) is 20.8 Å². The Labute approximate surface area is 149 Å². The van der Waals surface area contributed by atoms with Gasteiger partial charge in [-0.25, -0.2) is 8.78 Å². The van der Waals surface area contributed by atoms with Gasteiger partial charge in [-0.3, -0.25) is 4.79 Å². The lowest BCUT2D eigenvalue weighted by atomic mass is 10.0. The highest BCUT2D eigenvalue weighted by molar-refractivity contribution is 5.97. The maximum Gasteiger partial charge on any atom is 0.261 e. The molecule has 0 saturated carbocycles. The van der Waals surface area contributed by atoms with Crippen molar-refractivity contribution in [2.24, 2.45) is 0 Å². The van der Waals surface area contributed by atoms with E-state index in [9.17, 15) is 18.7 Å². The molecule has 1 fully saturated rings. The van der Waals surface area contributed by atoms with Gasteiger partial charge in [0.25, 0.3) is 5.91 Å². The number of methoxy groups -OCH3 is 2. The van der Waals surface area contributed by atoms with E-state index in [4.69, 9.17) is 9.47 Å². The lowest BCUT2D eigenvalue weighted by molar-refractivity contribution is 0.0725. The Kier molecular flexibility index (Phi) is 4.97. The molecule has 0 radical (unpaired) electrons. The maximum atomic E-state index is 14.1. The molecule has 0 unspecified atom stereocenters. The third-order valence-corrected chi connectivity index (χ3v) is 4.56. The van der Waals surface area contributed by atoms with E-state index in [1.807, 2.05) is 0 Å². The fourth-order valence-corrected chi connectivity index (χ4v) is 3.35. The predicted molar refractivity (Wildman–Crippen MR) is 90.6 cm³/mol. The highest BCUT2D eigenvalue weighted by atomic mass is 19.1. The number of amides is 1. The van der Waals surface area contributed by atoms with Crippen LogP contribution >= 0.6 is 0 Å². The van der Waals surface area contributed by atoms with Gasteiger partial charge < -0.3 is 19.5 Å². The zero-order valence-electron chi connectivity index (χ0n) is 14.5. The molecule has 3 rings (SSSR count). The molecule has 1 aliphatic rings. The Morgan fingerprint density at radius 2 is 1.96 bits per heavy atom. The van der Waals surface area contributed by atoms with Crippen molar-refractivity contribution in [1.82, 2.24) is 4.90 Å². The van der Waals surface area contributed by atoms with E-state index in [0.717, 1.165) is 11.6 Å². The number of benzene rings is 2. The lowest BCUT2D eigenvalue weighted by Crippen LogP contribution is -2.31. The van der Waals surface area contributed by atoms with E-state index < -0.39 is 28.9 Å². The number of rotatable bonds is 4. The summed E-state index contributed by atoms with van der Waals surface area (Å²) in [6.07, 6.45) is 1.36. The van der Waals surface area contributed by atoms with Gasteiger partial charge in [-0.1, -0.05) is 0 Å². The van der Waals surface area contributed by atoms with Crippen molar-refractivity contribution in [2.45, 2.75) is 18.9 Å². The van der Waals surface area contributed by atoms with Gasteiger partial charge in [-0.05, 0) is 31.0 Å². The predicted octanol–water partition coefficient (Wildman–Crippen LogP) is 3.66. The SMILES string of the molecule is COc1ccc(OC)c([C@H]2CCCN2C(=O)c2c(O)cc(F)cc2F)c1. The van der Waals surface area contributed by atoms with Crippen molar-refractivity contribution in [3.05, 3.63) is 53.1 Å². The Morgan fingerprint density at radius 1 is 1.19 bits per heavy atom. The van der Waals surface area contributed by atoms with Crippen LogP contribution in [0.1, 0.15) is 34.8 Å². The van der Waals surface area contributed by atoms with Crippen molar-refractivity contribution in [3.63, 3.8) is 0 Å². The van der Waals surface area contributed by atoms with E-state index in [0.29, 0.717) is 37.0 Å². The van der Waals surface area contributed by atoms with Crippen LogP contribution in [-0.2, 0) is 0 Å². The smallest absolute Gasteiger partial charge is 0.261 e. The van der Waals surface area contributed by atoms with E-state index in [1.54, 1.807) is 18.2 Å². The summed E-state index contributed by atoms with van der Waals surface area (Å²) in [4.78, 5) is 14.3. The van der Waals surface area contributed by atoms with Crippen molar-refractivity contribution in [1.29, 1.82) is 0 Å². The minimum atomic E-state index is -1.09. The summed E-state index contributed by atoms with van der Waals surface area (Å²) in [7, 11) is 3.06. The van der Waals surface area contributed by atoms with Crippen LogP contribution in [0.3, 0.4) is 0 Å². The largest absolute Gasteiger partial charge is 0.507 e. The molecule has 1 saturated heterocycles. The maximum absolute atomic E-state index is 14.1. The molecule has 2 aromatic rings. The van der Waals surface area contributed by atoms with Gasteiger partial charge in [0.05, 0.1) is 20.3 Å². The van der Waals surface area contributed by atoms with E-state index in [2.05, 4.69) is 0 Å². The number of phenolic OH excluding ortho intramolecular Hbond substituents is 1. The van der Waals surface area contributed by atoms with Gasteiger partial charge in [0, 0.05) is 24.2 Å². The Hall–Kier alpha value is -2.83. The second-order valence-electron chi connectivity index (χ2n) is 6.05. The van der Waals surface area contributed by atoms with E-state index >= 15 is 0 Å². The Bertz CT molecular complexity index is 817. The third kappa shape index (κ3) is 3.16. The number of halogens is 2. The molecule has 1 amide bonds. The fraction of sp³-hybridized carbons (Fsp3) is 0.316. The van der Waals surface area contributed by atoms with Crippen LogP contribution in [0.2, 0.25) is 0 Å². The average molecular weight is 363 g/mol. The summed E-state index contributed by atoms with van der Waals surface area (Å²) in [6, 6.07) is 6.21. The van der Waals surface area contributed by atoms with Crippen LogP contribution in [0.5, 0.6) is 17.2 Å². The lowest BCUT2D eigenvalue weighted by Gasteiger charge is -2.27. The van der Waals surface area contributed by atoms with Crippen molar-refractivity contribution in [3.8, 4) is 17.2 Å². The molecule has 1 aliphatic heterocycles. The molecule has 5 nitrogen and oxygen atoms in total. The molecule has 0 bridgehead atoms. The summed E-state index contributed by atoms with van der Waals surface area (Å²) in [5.74, 6) is -2.24. The molecule has 7 heteroatoms. The van der Waals surface area contributed by atoms with Crippen LogP contribution in [0.4, 0.5) is 8.78 Å². The number of carbonyl (C=O) groups is 1. The first kappa shape index (κ1) is 18.0. The molecule has 0 spiro atoms. The number of aromatic hydroxyl groups is 1. The Morgan fingerprint density at radius 3 is 2.62 bits per heavy atom. The van der Waals surface area contributed by atoms with Crippen molar-refractivity contribution >= 4 is 5.91 Å². The minimum Gasteiger partial charge on any atom is -0.507 e. The van der Waals surface area contributed by atoms with Crippen LogP contribution in [0.25, 0.3) is 0 Å². The first-order valence-corrected chi connectivity index (χ1v) is 8.17. The number of hydrogen-bond acceptors (Lipinski definition) is 4. The zero-order valence-corrected chi connectivity index (χ0v) is 14.5. The van der Waals surface area contributed by atoms with Gasteiger partial charge in [-0.15, -0.1) is 0 Å². The van der Waals surface area contributed by atoms with Crippen LogP contribution in [-0.4, -0.2) is 36.7 Å². The second-order valence-corrected chi connectivity index (χ2v) is 6.05. The van der Waals surface area contributed by atoms with Gasteiger partial charge in [0.15, 0.2) is 0 Å². The molecule has 1 N–H and O–H groups in total. The number of nitrogens with zero attached hydrogens (tertiary/aromatic N) is 1. The summed E-state index contributed by atoms with van der Waals surface area (Å²) < 4.78 is 38.0. The second kappa shape index (κ2) is 7.19. The van der Waals surface area contributed by atoms with Gasteiger partial charge in [-0.2, -0.15) is 0 Å². The van der Waals surface area contributed by atoms with Crippen LogP contribution < -0.4 is 9.47 Å². The van der Waals surface area contributed by atoms with Gasteiger partial charge in [0.2, 0.25) is 0 Å². The highest BCUT2D eigenvalue weighted by Gasteiger charge is 2.35. The molecule has 1 heterocycles. The number of likely N-dealkylation sites (tertiary alicyclic amines) is 1. The summed E-state index contributed by atoms with van der Waals surface area (Å²) in [5.41, 5.74) is 0.208. The van der Waals surface area contributed by atoms with Gasteiger partial charge in [0.1, 0.15) is 34.4 Å². The number of hydrogen-bond donors (Lipinski definition) is 1. The quantitative estimate of drug-likeness (QED) is 0.901. The summed E-state index contributed by atoms with van der Waals surface area (Å²) >= 11 is 0. The zero-order chi connectivity index (χ0) is 18.8. The van der Waals surface area contributed by atoms with Crippen molar-refractivity contribution < 1.29 is 28.2 Å². The highest BCUT2D eigenvalue weighted by Crippen LogP contribution is 2.40. The normalized spacial score (nSPS) is 16.6. The Balaban J connectivity index is 2.00. The summed E-state index contributed by atoms with van der Waals surface area (Å²) in [6.45, 7) is 0.389. The first-order valence-electron chi connectivity index (χ1n) is 8.17.